The quantitative estimate of drug-likeness (QED) is 0.544. The lowest BCUT2D eigenvalue weighted by Gasteiger charge is -2.36. The highest BCUT2D eigenvalue weighted by Crippen LogP contribution is 2.40. The molecule has 10 nitrogen and oxygen atoms in total. The molecule has 1 saturated heterocycles. The molecule has 3 heterocycles. The molecule has 2 aliphatic rings. The predicted molar refractivity (Wildman–Crippen MR) is 147 cm³/mol. The van der Waals surface area contributed by atoms with Gasteiger partial charge in [-0.15, -0.1) is 0 Å². The highest BCUT2D eigenvalue weighted by molar-refractivity contribution is 6.11. The third-order valence-corrected chi connectivity index (χ3v) is 6.29. The van der Waals surface area contributed by atoms with Gasteiger partial charge in [0.15, 0.2) is 5.65 Å². The lowest BCUT2D eigenvalue weighted by molar-refractivity contribution is -0.117. The van der Waals surface area contributed by atoms with E-state index in [4.69, 9.17) is 9.47 Å². The minimum Gasteiger partial charge on any atom is -0.444 e. The topological polar surface area (TPSA) is 115 Å². The number of anilines is 2. The number of ether oxygens (including phenoxy) is 2. The SMILES string of the molecule is C=Cc1cnc2c(c(NC(=O)C3CC3)cn2C(=O)OC(C)(C)C)c1N1CCCC(NC(=O)OC(C)(C)C)C1. The van der Waals surface area contributed by atoms with E-state index in [-0.39, 0.29) is 17.9 Å². The predicted octanol–water partition coefficient (Wildman–Crippen LogP) is 5.30. The Morgan fingerprint density at radius 1 is 1.08 bits per heavy atom. The first-order valence-electron chi connectivity index (χ1n) is 13.2. The molecule has 1 aliphatic carbocycles. The van der Waals surface area contributed by atoms with Crippen molar-refractivity contribution in [2.24, 2.45) is 5.92 Å². The van der Waals surface area contributed by atoms with Crippen LogP contribution >= 0.6 is 0 Å². The highest BCUT2D eigenvalue weighted by atomic mass is 16.6. The van der Waals surface area contributed by atoms with Crippen molar-refractivity contribution in [2.45, 2.75) is 84.5 Å². The van der Waals surface area contributed by atoms with E-state index in [1.165, 1.54) is 4.57 Å². The van der Waals surface area contributed by atoms with Crippen LogP contribution in [0, 0.1) is 5.92 Å². The first kappa shape index (κ1) is 27.5. The molecule has 4 rings (SSSR count). The smallest absolute Gasteiger partial charge is 0.420 e. The standard InChI is InChI=1S/C28H39N5O5/c1-8-17-14-29-23-21(22(17)32-13-9-10-19(15-32)30-25(35)37-27(2,3)4)20(31-24(34)18-11-12-18)16-33(23)26(36)38-28(5,6)7/h8,14,16,18-19H,1,9-13,15H2,2-7H3,(H,30,35)(H,31,34). The summed E-state index contributed by atoms with van der Waals surface area (Å²) < 4.78 is 12.4. The van der Waals surface area contributed by atoms with Crippen molar-refractivity contribution >= 4 is 46.6 Å². The molecule has 10 heteroatoms. The van der Waals surface area contributed by atoms with Gasteiger partial charge in [0.1, 0.15) is 11.2 Å². The van der Waals surface area contributed by atoms with Crippen LogP contribution in [0.4, 0.5) is 21.0 Å². The van der Waals surface area contributed by atoms with Crippen LogP contribution in [0.5, 0.6) is 0 Å². The van der Waals surface area contributed by atoms with Crippen molar-refractivity contribution in [3.63, 3.8) is 0 Å². The number of carbonyl (C=O) groups is 3. The van der Waals surface area contributed by atoms with Gasteiger partial charge in [0.2, 0.25) is 5.91 Å². The molecule has 2 aromatic rings. The van der Waals surface area contributed by atoms with Gasteiger partial charge in [-0.05, 0) is 67.2 Å². The monoisotopic (exact) mass is 525 g/mol. The number of fused-ring (bicyclic) bond motifs is 1. The van der Waals surface area contributed by atoms with Gasteiger partial charge in [-0.3, -0.25) is 4.79 Å². The second-order valence-electron chi connectivity index (χ2n) is 12.1. The van der Waals surface area contributed by atoms with Gasteiger partial charge in [0.05, 0.1) is 16.8 Å². The van der Waals surface area contributed by atoms with Gasteiger partial charge in [-0.1, -0.05) is 12.7 Å². The summed E-state index contributed by atoms with van der Waals surface area (Å²) in [5.74, 6) is -0.0994. The van der Waals surface area contributed by atoms with Crippen molar-refractivity contribution in [3.8, 4) is 0 Å². The van der Waals surface area contributed by atoms with Crippen molar-refractivity contribution in [1.82, 2.24) is 14.9 Å². The van der Waals surface area contributed by atoms with Crippen LogP contribution in [-0.2, 0) is 14.3 Å². The average Bonchev–Trinajstić information content (AvgIpc) is 3.58. The summed E-state index contributed by atoms with van der Waals surface area (Å²) in [6, 6.07) is -0.142. The second kappa shape index (κ2) is 10.3. The number of amides is 2. The molecule has 2 aromatic heterocycles. The van der Waals surface area contributed by atoms with Gasteiger partial charge >= 0.3 is 12.2 Å². The largest absolute Gasteiger partial charge is 0.444 e. The van der Waals surface area contributed by atoms with Gasteiger partial charge in [0.25, 0.3) is 0 Å². The van der Waals surface area contributed by atoms with Crippen molar-refractivity contribution < 1.29 is 23.9 Å². The molecule has 1 saturated carbocycles. The fraction of sp³-hybridized carbons (Fsp3) is 0.571. The van der Waals surface area contributed by atoms with E-state index in [0.29, 0.717) is 23.3 Å². The van der Waals surface area contributed by atoms with E-state index in [2.05, 4.69) is 27.1 Å². The minimum absolute atomic E-state index is 0.0219. The molecule has 2 fully saturated rings. The van der Waals surface area contributed by atoms with Gasteiger partial charge < -0.3 is 25.0 Å². The number of alkyl carbamates (subject to hydrolysis) is 1. The Morgan fingerprint density at radius 3 is 2.37 bits per heavy atom. The Balaban J connectivity index is 1.75. The normalized spacial score (nSPS) is 18.2. The number of hydrogen-bond acceptors (Lipinski definition) is 7. The molecular formula is C28H39N5O5. The van der Waals surface area contributed by atoms with Crippen molar-refractivity contribution in [1.29, 1.82) is 0 Å². The number of hydrogen-bond donors (Lipinski definition) is 2. The second-order valence-corrected chi connectivity index (χ2v) is 12.1. The fourth-order valence-electron chi connectivity index (χ4n) is 4.58. The lowest BCUT2D eigenvalue weighted by atomic mass is 10.0. The fourth-order valence-corrected chi connectivity index (χ4v) is 4.58. The molecule has 0 spiro atoms. The number of nitrogens with one attached hydrogen (secondary N) is 2. The summed E-state index contributed by atoms with van der Waals surface area (Å²) in [6.07, 6.45) is 7.27. The van der Waals surface area contributed by atoms with Crippen LogP contribution in [0.1, 0.15) is 72.8 Å². The number of aromatic nitrogens is 2. The number of piperidine rings is 1. The zero-order valence-corrected chi connectivity index (χ0v) is 23.2. The van der Waals surface area contributed by atoms with Crippen molar-refractivity contribution in [3.05, 3.63) is 24.5 Å². The summed E-state index contributed by atoms with van der Waals surface area (Å²) >= 11 is 0. The summed E-state index contributed by atoms with van der Waals surface area (Å²) in [6.45, 7) is 16.1. The first-order valence-corrected chi connectivity index (χ1v) is 13.2. The third-order valence-electron chi connectivity index (χ3n) is 6.29. The zero-order valence-electron chi connectivity index (χ0n) is 23.2. The van der Waals surface area contributed by atoms with Crippen LogP contribution in [-0.4, -0.2) is 58.0 Å². The number of nitrogens with zero attached hydrogens (tertiary/aromatic N) is 3. The van der Waals surface area contributed by atoms with Crippen LogP contribution in [0.2, 0.25) is 0 Å². The first-order chi connectivity index (χ1) is 17.8. The molecule has 2 amide bonds. The van der Waals surface area contributed by atoms with Crippen LogP contribution in [0.25, 0.3) is 17.1 Å². The van der Waals surface area contributed by atoms with E-state index >= 15 is 0 Å². The average molecular weight is 526 g/mol. The summed E-state index contributed by atoms with van der Waals surface area (Å²) in [4.78, 5) is 45.1. The molecule has 0 bridgehead atoms. The molecule has 1 atom stereocenters. The molecule has 0 radical (unpaired) electrons. The minimum atomic E-state index is -0.706. The maximum Gasteiger partial charge on any atom is 0.420 e. The van der Waals surface area contributed by atoms with Gasteiger partial charge in [-0.25, -0.2) is 19.1 Å². The van der Waals surface area contributed by atoms with E-state index in [1.807, 2.05) is 20.8 Å². The molecule has 0 aromatic carbocycles. The summed E-state index contributed by atoms with van der Waals surface area (Å²) in [7, 11) is 0. The number of carbonyl (C=O) groups excluding carboxylic acids is 3. The number of pyridine rings is 1. The van der Waals surface area contributed by atoms with E-state index in [0.717, 1.165) is 43.5 Å². The number of rotatable bonds is 5. The molecule has 2 N–H and O–H groups in total. The van der Waals surface area contributed by atoms with Gasteiger partial charge in [0, 0.05) is 43.0 Å². The van der Waals surface area contributed by atoms with Crippen LogP contribution in [0.3, 0.4) is 0 Å². The molecule has 1 aliphatic heterocycles. The summed E-state index contributed by atoms with van der Waals surface area (Å²) in [5, 5.41) is 6.65. The Kier molecular flexibility index (Phi) is 7.45. The molecular weight excluding hydrogens is 486 g/mol. The van der Waals surface area contributed by atoms with Gasteiger partial charge in [-0.2, -0.15) is 0 Å². The van der Waals surface area contributed by atoms with E-state index in [9.17, 15) is 14.4 Å². The Morgan fingerprint density at radius 2 is 1.76 bits per heavy atom. The Labute approximate surface area is 223 Å². The lowest BCUT2D eigenvalue weighted by Crippen LogP contribution is -2.49. The van der Waals surface area contributed by atoms with Crippen molar-refractivity contribution in [2.75, 3.05) is 23.3 Å². The van der Waals surface area contributed by atoms with Crippen LogP contribution in [0.15, 0.2) is 19.0 Å². The Bertz CT molecular complexity index is 1250. The molecule has 1 unspecified atom stereocenters. The molecule has 206 valence electrons. The molecule has 38 heavy (non-hydrogen) atoms. The van der Waals surface area contributed by atoms with E-state index < -0.39 is 23.4 Å². The maximum absolute atomic E-state index is 13.1. The van der Waals surface area contributed by atoms with Crippen LogP contribution < -0.4 is 15.5 Å². The maximum atomic E-state index is 13.1. The summed E-state index contributed by atoms with van der Waals surface area (Å²) in [5.41, 5.74) is 1.14. The Hall–Kier alpha value is -3.56. The van der Waals surface area contributed by atoms with E-state index in [1.54, 1.807) is 39.2 Å². The zero-order chi connectivity index (χ0) is 27.8. The highest BCUT2D eigenvalue weighted by Gasteiger charge is 2.33. The third kappa shape index (κ3) is 6.46.